The fourth-order valence-corrected chi connectivity index (χ4v) is 1.77. The van der Waals surface area contributed by atoms with Crippen molar-refractivity contribution in [2.24, 2.45) is 0 Å². The van der Waals surface area contributed by atoms with Crippen LogP contribution in [0.5, 0.6) is 11.5 Å². The lowest BCUT2D eigenvalue weighted by molar-refractivity contribution is 0.372. The zero-order valence-electron chi connectivity index (χ0n) is 8.94. The molecule has 0 spiro atoms. The van der Waals surface area contributed by atoms with Crippen LogP contribution in [-0.4, -0.2) is 32.8 Å². The second kappa shape index (κ2) is 5.00. The highest BCUT2D eigenvalue weighted by molar-refractivity contribution is 9.10. The van der Waals surface area contributed by atoms with Gasteiger partial charge in [0.25, 0.3) is 5.95 Å². The molecule has 0 aliphatic rings. The standard InChI is InChI=1S/C9H10BrN5O2/c1-17-8-2-5(6(10)3-7(8)16)4-11-9-12-14-15-13-9/h2-3,16H,4H2,1H3,(H2,11,12,13,14,15). The Bertz CT molecular complexity index is 502. The molecule has 7 nitrogen and oxygen atoms in total. The van der Waals surface area contributed by atoms with E-state index in [0.29, 0.717) is 18.2 Å². The van der Waals surface area contributed by atoms with Crippen LogP contribution in [0.3, 0.4) is 0 Å². The number of nitrogens with zero attached hydrogens (tertiary/aromatic N) is 3. The van der Waals surface area contributed by atoms with E-state index in [2.05, 4.69) is 41.9 Å². The van der Waals surface area contributed by atoms with E-state index in [4.69, 9.17) is 4.74 Å². The van der Waals surface area contributed by atoms with Crippen LogP contribution in [0, 0.1) is 0 Å². The number of halogens is 1. The molecule has 2 rings (SSSR count). The molecule has 2 aromatic rings. The van der Waals surface area contributed by atoms with E-state index in [9.17, 15) is 5.11 Å². The number of anilines is 1. The molecule has 0 radical (unpaired) electrons. The van der Waals surface area contributed by atoms with Gasteiger partial charge < -0.3 is 15.2 Å². The maximum atomic E-state index is 9.55. The second-order valence-electron chi connectivity index (χ2n) is 3.20. The Labute approximate surface area is 105 Å². The number of tetrazole rings is 1. The summed E-state index contributed by atoms with van der Waals surface area (Å²) in [6, 6.07) is 3.30. The third-order valence-electron chi connectivity index (χ3n) is 2.13. The predicted octanol–water partition coefficient (Wildman–Crippen LogP) is 1.29. The van der Waals surface area contributed by atoms with Crippen LogP contribution >= 0.6 is 15.9 Å². The van der Waals surface area contributed by atoms with Crippen LogP contribution < -0.4 is 10.1 Å². The van der Waals surface area contributed by atoms with Crippen molar-refractivity contribution in [3.8, 4) is 11.5 Å². The third kappa shape index (κ3) is 2.64. The van der Waals surface area contributed by atoms with E-state index in [1.807, 2.05) is 0 Å². The van der Waals surface area contributed by atoms with Gasteiger partial charge in [-0.15, -0.1) is 5.10 Å². The molecule has 0 amide bonds. The van der Waals surface area contributed by atoms with Gasteiger partial charge in [0.15, 0.2) is 11.5 Å². The molecule has 1 aromatic carbocycles. The Kier molecular flexibility index (Phi) is 3.43. The summed E-state index contributed by atoms with van der Waals surface area (Å²) in [7, 11) is 1.50. The van der Waals surface area contributed by atoms with E-state index in [0.717, 1.165) is 10.0 Å². The minimum atomic E-state index is 0.0858. The Hall–Kier alpha value is -1.83. The molecule has 0 saturated carbocycles. The molecule has 1 heterocycles. The average Bonchev–Trinajstić information content (AvgIpc) is 2.81. The summed E-state index contributed by atoms with van der Waals surface area (Å²) in [4.78, 5) is 0. The number of aromatic nitrogens is 4. The summed E-state index contributed by atoms with van der Waals surface area (Å²) in [6.07, 6.45) is 0. The fourth-order valence-electron chi connectivity index (χ4n) is 1.29. The number of aromatic amines is 1. The Morgan fingerprint density at radius 3 is 3.00 bits per heavy atom. The van der Waals surface area contributed by atoms with E-state index in [-0.39, 0.29) is 5.75 Å². The number of rotatable bonds is 4. The van der Waals surface area contributed by atoms with Gasteiger partial charge in [0.2, 0.25) is 0 Å². The smallest absolute Gasteiger partial charge is 0.263 e. The topological polar surface area (TPSA) is 96.0 Å². The quantitative estimate of drug-likeness (QED) is 0.787. The van der Waals surface area contributed by atoms with Gasteiger partial charge in [-0.2, -0.15) is 5.21 Å². The maximum Gasteiger partial charge on any atom is 0.263 e. The summed E-state index contributed by atoms with van der Waals surface area (Å²) >= 11 is 3.35. The molecule has 3 N–H and O–H groups in total. The number of aromatic hydroxyl groups is 1. The van der Waals surface area contributed by atoms with Gasteiger partial charge in [-0.3, -0.25) is 0 Å². The van der Waals surface area contributed by atoms with Crippen molar-refractivity contribution >= 4 is 21.9 Å². The molecule has 0 saturated heterocycles. The molecule has 0 atom stereocenters. The number of phenolic OH excluding ortho intramolecular Hbond substituents is 1. The molecule has 0 fully saturated rings. The Balaban J connectivity index is 2.15. The molecule has 0 aliphatic heterocycles. The molecule has 0 aliphatic carbocycles. The van der Waals surface area contributed by atoms with E-state index in [1.54, 1.807) is 12.1 Å². The number of benzene rings is 1. The molecule has 90 valence electrons. The number of hydrogen-bond acceptors (Lipinski definition) is 6. The molecular formula is C9H10BrN5O2. The van der Waals surface area contributed by atoms with Crippen molar-refractivity contribution in [1.82, 2.24) is 20.6 Å². The van der Waals surface area contributed by atoms with Crippen LogP contribution in [0.4, 0.5) is 5.95 Å². The van der Waals surface area contributed by atoms with Crippen molar-refractivity contribution in [2.45, 2.75) is 6.54 Å². The van der Waals surface area contributed by atoms with E-state index >= 15 is 0 Å². The predicted molar refractivity (Wildman–Crippen MR) is 63.9 cm³/mol. The van der Waals surface area contributed by atoms with Gasteiger partial charge in [-0.25, -0.2) is 0 Å². The third-order valence-corrected chi connectivity index (χ3v) is 2.87. The number of hydrogen-bond donors (Lipinski definition) is 3. The number of methoxy groups -OCH3 is 1. The number of ether oxygens (including phenoxy) is 1. The Morgan fingerprint density at radius 1 is 1.53 bits per heavy atom. The highest BCUT2D eigenvalue weighted by Gasteiger charge is 2.08. The zero-order valence-corrected chi connectivity index (χ0v) is 10.5. The van der Waals surface area contributed by atoms with Crippen LogP contribution in [0.1, 0.15) is 5.56 Å². The normalized spacial score (nSPS) is 10.2. The number of phenols is 1. The first-order chi connectivity index (χ1) is 8.20. The van der Waals surface area contributed by atoms with Crippen LogP contribution in [-0.2, 0) is 6.54 Å². The van der Waals surface area contributed by atoms with Crippen molar-refractivity contribution in [2.75, 3.05) is 12.4 Å². The summed E-state index contributed by atoms with van der Waals surface area (Å²) in [6.45, 7) is 0.483. The summed E-state index contributed by atoms with van der Waals surface area (Å²) in [5.41, 5.74) is 0.907. The van der Waals surface area contributed by atoms with Gasteiger partial charge in [0.05, 0.1) is 7.11 Å². The molecule has 8 heteroatoms. The van der Waals surface area contributed by atoms with Gasteiger partial charge >= 0.3 is 0 Å². The van der Waals surface area contributed by atoms with E-state index in [1.165, 1.54) is 7.11 Å². The molecule has 0 bridgehead atoms. The second-order valence-corrected chi connectivity index (χ2v) is 4.06. The van der Waals surface area contributed by atoms with Crippen LogP contribution in [0.15, 0.2) is 16.6 Å². The van der Waals surface area contributed by atoms with Gasteiger partial charge in [0, 0.05) is 11.0 Å². The van der Waals surface area contributed by atoms with Crippen molar-refractivity contribution in [3.05, 3.63) is 22.2 Å². The first-order valence-electron chi connectivity index (χ1n) is 4.73. The van der Waals surface area contributed by atoms with Gasteiger partial charge in [0.1, 0.15) is 0 Å². The number of H-pyrrole nitrogens is 1. The summed E-state index contributed by atoms with van der Waals surface area (Å²) < 4.78 is 5.80. The first kappa shape index (κ1) is 11.6. The van der Waals surface area contributed by atoms with Crippen LogP contribution in [0.2, 0.25) is 0 Å². The van der Waals surface area contributed by atoms with Gasteiger partial charge in [-0.05, 0) is 22.9 Å². The summed E-state index contributed by atoms with van der Waals surface area (Å²) in [5, 5.41) is 25.8. The van der Waals surface area contributed by atoms with Crippen molar-refractivity contribution in [3.63, 3.8) is 0 Å². The molecule has 1 aromatic heterocycles. The minimum Gasteiger partial charge on any atom is -0.504 e. The van der Waals surface area contributed by atoms with Crippen molar-refractivity contribution in [1.29, 1.82) is 0 Å². The number of nitrogens with one attached hydrogen (secondary N) is 2. The Morgan fingerprint density at radius 2 is 2.35 bits per heavy atom. The maximum absolute atomic E-state index is 9.55. The van der Waals surface area contributed by atoms with E-state index < -0.39 is 0 Å². The highest BCUT2D eigenvalue weighted by atomic mass is 79.9. The minimum absolute atomic E-state index is 0.0858. The lowest BCUT2D eigenvalue weighted by Crippen LogP contribution is -2.02. The fraction of sp³-hybridized carbons (Fsp3) is 0.222. The zero-order chi connectivity index (χ0) is 12.3. The molecule has 0 unspecified atom stereocenters. The van der Waals surface area contributed by atoms with Gasteiger partial charge in [-0.1, -0.05) is 21.0 Å². The lowest BCUT2D eigenvalue weighted by atomic mass is 10.2. The average molecular weight is 300 g/mol. The van der Waals surface area contributed by atoms with Crippen molar-refractivity contribution < 1.29 is 9.84 Å². The van der Waals surface area contributed by atoms with Crippen LogP contribution in [0.25, 0.3) is 0 Å². The molecular weight excluding hydrogens is 290 g/mol. The highest BCUT2D eigenvalue weighted by Crippen LogP contribution is 2.32. The summed E-state index contributed by atoms with van der Waals surface area (Å²) in [5.74, 6) is 0.907. The SMILES string of the molecule is COc1cc(CNc2nn[nH]n2)c(Br)cc1O. The largest absolute Gasteiger partial charge is 0.504 e. The monoisotopic (exact) mass is 299 g/mol. The lowest BCUT2D eigenvalue weighted by Gasteiger charge is -2.09. The molecule has 17 heavy (non-hydrogen) atoms. The first-order valence-corrected chi connectivity index (χ1v) is 5.52.